The number of rotatable bonds is 11. The van der Waals surface area contributed by atoms with Gasteiger partial charge in [-0.15, -0.1) is 17.4 Å². The molecule has 0 amide bonds. The molecule has 1 aromatic carbocycles. The topological polar surface area (TPSA) is 136 Å². The number of aromatic nitrogens is 4. The molecule has 0 saturated heterocycles. The van der Waals surface area contributed by atoms with Crippen LogP contribution in [-0.4, -0.2) is 56.5 Å². The number of halogens is 3. The molecule has 1 saturated carbocycles. The SMILES string of the molecule is C#CCCC1(CCNC(CC[C@H]2C[C@H]2C)c2nnnn2-c2ccc3c(c2)OCO3)N=N1.O=C(O)C(F)(F)F. The van der Waals surface area contributed by atoms with E-state index in [9.17, 15) is 13.2 Å². The van der Waals surface area contributed by atoms with Gasteiger partial charge >= 0.3 is 12.1 Å². The quantitative estimate of drug-likeness (QED) is 0.411. The van der Waals surface area contributed by atoms with E-state index in [-0.39, 0.29) is 18.5 Å². The summed E-state index contributed by atoms with van der Waals surface area (Å²) in [6, 6.07) is 5.79. The molecule has 3 atom stereocenters. The van der Waals surface area contributed by atoms with Gasteiger partial charge in [0.25, 0.3) is 0 Å². The largest absolute Gasteiger partial charge is 0.490 e. The monoisotopic (exact) mass is 535 g/mol. The minimum Gasteiger partial charge on any atom is -0.475 e. The maximum absolute atomic E-state index is 10.6. The van der Waals surface area contributed by atoms with Crippen molar-refractivity contribution in [3.05, 3.63) is 24.0 Å². The lowest BCUT2D eigenvalue weighted by Crippen LogP contribution is -2.29. The minimum absolute atomic E-state index is 0.0386. The second-order valence-corrected chi connectivity index (χ2v) is 9.48. The first-order chi connectivity index (χ1) is 18.1. The molecule has 204 valence electrons. The standard InChI is InChI=1S/C22H27N7O2.C2HF3O2/c1-3-4-9-22(25-26-22)10-11-23-18(7-5-16-12-15(16)2)21-24-27-28-29(21)17-6-8-19-20(13-17)31-14-30-19;3-2(4,5)1(6)7/h1,6,8,13,15-16,18,23H,4-5,7,9-12,14H2,2H3;(H,6,7)/t15-,16+,18?;/m1./s1. The van der Waals surface area contributed by atoms with Gasteiger partial charge < -0.3 is 19.9 Å². The Morgan fingerprint density at radius 3 is 2.66 bits per heavy atom. The predicted octanol–water partition coefficient (Wildman–Crippen LogP) is 4.06. The van der Waals surface area contributed by atoms with Gasteiger partial charge in [0.15, 0.2) is 23.0 Å². The van der Waals surface area contributed by atoms with E-state index in [1.54, 1.807) is 4.68 Å². The van der Waals surface area contributed by atoms with Crippen molar-refractivity contribution in [2.75, 3.05) is 13.3 Å². The normalized spacial score (nSPS) is 20.7. The first-order valence-electron chi connectivity index (χ1n) is 12.2. The van der Waals surface area contributed by atoms with Gasteiger partial charge in [0.05, 0.1) is 11.7 Å². The van der Waals surface area contributed by atoms with Gasteiger partial charge in [0.1, 0.15) is 0 Å². The molecule has 38 heavy (non-hydrogen) atoms. The summed E-state index contributed by atoms with van der Waals surface area (Å²) >= 11 is 0. The van der Waals surface area contributed by atoms with Gasteiger partial charge in [0.2, 0.25) is 6.79 Å². The van der Waals surface area contributed by atoms with E-state index >= 15 is 0 Å². The number of carbonyl (C=O) groups is 1. The van der Waals surface area contributed by atoms with Crippen molar-refractivity contribution in [2.24, 2.45) is 22.1 Å². The average Bonchev–Trinajstić information content (AvgIpc) is 3.64. The molecule has 2 N–H and O–H groups in total. The number of carboxylic acids is 1. The van der Waals surface area contributed by atoms with Gasteiger partial charge in [-0.3, -0.25) is 0 Å². The molecule has 0 spiro atoms. The Morgan fingerprint density at radius 2 is 2.03 bits per heavy atom. The average molecular weight is 536 g/mol. The van der Waals surface area contributed by atoms with Gasteiger partial charge in [-0.1, -0.05) is 6.92 Å². The smallest absolute Gasteiger partial charge is 0.475 e. The third-order valence-electron chi connectivity index (χ3n) is 6.72. The van der Waals surface area contributed by atoms with E-state index in [4.69, 9.17) is 25.8 Å². The van der Waals surface area contributed by atoms with Crippen LogP contribution in [0.15, 0.2) is 28.4 Å². The van der Waals surface area contributed by atoms with Crippen molar-refractivity contribution >= 4 is 5.97 Å². The molecular formula is C24H28F3N7O4. The van der Waals surface area contributed by atoms with Crippen LogP contribution in [0.1, 0.15) is 57.3 Å². The van der Waals surface area contributed by atoms with Crippen molar-refractivity contribution in [2.45, 2.75) is 63.3 Å². The molecule has 11 nitrogen and oxygen atoms in total. The molecule has 0 bridgehead atoms. The number of carboxylic acid groups (broad SMARTS) is 1. The zero-order valence-corrected chi connectivity index (χ0v) is 20.7. The summed E-state index contributed by atoms with van der Waals surface area (Å²) in [6.45, 7) is 3.33. The van der Waals surface area contributed by atoms with Crippen molar-refractivity contribution in [3.63, 3.8) is 0 Å². The first-order valence-corrected chi connectivity index (χ1v) is 12.2. The van der Waals surface area contributed by atoms with Crippen LogP contribution in [0.2, 0.25) is 0 Å². The number of fused-ring (bicyclic) bond motifs is 1. The molecule has 0 radical (unpaired) electrons. The maximum atomic E-state index is 10.6. The fraction of sp³-hybridized carbons (Fsp3) is 0.583. The highest BCUT2D eigenvalue weighted by molar-refractivity contribution is 5.73. The van der Waals surface area contributed by atoms with Crippen molar-refractivity contribution in [1.82, 2.24) is 25.5 Å². The summed E-state index contributed by atoms with van der Waals surface area (Å²) in [5.74, 6) is 3.80. The molecule has 1 unspecified atom stereocenters. The molecule has 1 aliphatic carbocycles. The Morgan fingerprint density at radius 1 is 1.32 bits per heavy atom. The lowest BCUT2D eigenvalue weighted by atomic mass is 10.0. The van der Waals surface area contributed by atoms with Gasteiger partial charge in [-0.2, -0.15) is 28.1 Å². The zero-order chi connectivity index (χ0) is 27.3. The summed E-state index contributed by atoms with van der Waals surface area (Å²) in [4.78, 5) is 8.90. The van der Waals surface area contributed by atoms with Crippen LogP contribution in [0.25, 0.3) is 5.69 Å². The number of ether oxygens (including phenoxy) is 2. The number of alkyl halides is 3. The number of nitrogens with zero attached hydrogens (tertiary/aromatic N) is 6. The maximum Gasteiger partial charge on any atom is 0.490 e. The third-order valence-corrected chi connectivity index (χ3v) is 6.72. The Kier molecular flexibility index (Phi) is 8.15. The van der Waals surface area contributed by atoms with E-state index in [0.717, 1.165) is 61.3 Å². The van der Waals surface area contributed by atoms with Gasteiger partial charge in [0, 0.05) is 31.9 Å². The fourth-order valence-electron chi connectivity index (χ4n) is 4.23. The second kappa shape index (κ2) is 11.3. The van der Waals surface area contributed by atoms with E-state index in [0.29, 0.717) is 12.2 Å². The van der Waals surface area contributed by atoms with Crippen LogP contribution < -0.4 is 14.8 Å². The van der Waals surface area contributed by atoms with Crippen LogP contribution in [0, 0.1) is 24.2 Å². The highest BCUT2D eigenvalue weighted by atomic mass is 19.4. The second-order valence-electron chi connectivity index (χ2n) is 9.48. The predicted molar refractivity (Wildman–Crippen MR) is 126 cm³/mol. The first kappa shape index (κ1) is 27.3. The lowest BCUT2D eigenvalue weighted by Gasteiger charge is -2.19. The van der Waals surface area contributed by atoms with Crippen molar-refractivity contribution < 1.29 is 32.5 Å². The number of hydrogen-bond acceptors (Lipinski definition) is 9. The summed E-state index contributed by atoms with van der Waals surface area (Å²) < 4.78 is 44.5. The van der Waals surface area contributed by atoms with Crippen LogP contribution >= 0.6 is 0 Å². The Hall–Kier alpha value is -3.73. The highest BCUT2D eigenvalue weighted by Crippen LogP contribution is 2.43. The van der Waals surface area contributed by atoms with Crippen LogP contribution in [-0.2, 0) is 4.79 Å². The number of terminal acetylenes is 1. The molecule has 3 aliphatic rings. The van der Waals surface area contributed by atoms with Crippen LogP contribution in [0.4, 0.5) is 13.2 Å². The molecule has 5 rings (SSSR count). The molecule has 2 aliphatic heterocycles. The zero-order valence-electron chi connectivity index (χ0n) is 20.7. The summed E-state index contributed by atoms with van der Waals surface area (Å²) in [7, 11) is 0. The number of aliphatic carboxylic acids is 1. The minimum atomic E-state index is -5.08. The molecular weight excluding hydrogens is 507 g/mol. The molecule has 1 aromatic heterocycles. The van der Waals surface area contributed by atoms with E-state index in [2.05, 4.69) is 43.9 Å². The van der Waals surface area contributed by atoms with E-state index < -0.39 is 12.1 Å². The number of tetrazole rings is 1. The summed E-state index contributed by atoms with van der Waals surface area (Å²) in [5, 5.41) is 31.9. The van der Waals surface area contributed by atoms with Gasteiger partial charge in [-0.05, 0) is 53.7 Å². The number of benzene rings is 1. The number of nitrogens with one attached hydrogen (secondary N) is 1. The Labute approximate surface area is 216 Å². The van der Waals surface area contributed by atoms with Crippen LogP contribution in [0.3, 0.4) is 0 Å². The van der Waals surface area contributed by atoms with Gasteiger partial charge in [-0.25, -0.2) is 4.79 Å². The lowest BCUT2D eigenvalue weighted by molar-refractivity contribution is -0.192. The van der Waals surface area contributed by atoms with Crippen LogP contribution in [0.5, 0.6) is 11.5 Å². The number of hydrogen-bond donors (Lipinski definition) is 2. The van der Waals surface area contributed by atoms with Crippen molar-refractivity contribution in [3.8, 4) is 29.5 Å². The molecule has 3 heterocycles. The highest BCUT2D eigenvalue weighted by Gasteiger charge is 2.39. The Bertz CT molecular complexity index is 1200. The molecule has 14 heteroatoms. The third kappa shape index (κ3) is 6.97. The molecule has 1 fully saturated rings. The van der Waals surface area contributed by atoms with Crippen molar-refractivity contribution in [1.29, 1.82) is 0 Å². The fourth-order valence-corrected chi connectivity index (χ4v) is 4.23. The van der Waals surface area contributed by atoms with E-state index in [1.807, 2.05) is 18.2 Å². The Balaban J connectivity index is 0.000000426. The van der Waals surface area contributed by atoms with E-state index in [1.165, 1.54) is 6.42 Å². The summed E-state index contributed by atoms with van der Waals surface area (Å²) in [5.41, 5.74) is 0.562. The summed E-state index contributed by atoms with van der Waals surface area (Å²) in [6.07, 6.45) is 6.10. The molecule has 2 aromatic rings.